The summed E-state index contributed by atoms with van der Waals surface area (Å²) in [7, 11) is 0. The Morgan fingerprint density at radius 1 is 1.38 bits per heavy atom. The van der Waals surface area contributed by atoms with Crippen LogP contribution in [0.25, 0.3) is 0 Å². The Bertz CT molecular complexity index is 521. The molecule has 16 heavy (non-hydrogen) atoms. The second-order valence-electron chi connectivity index (χ2n) is 2.96. The van der Waals surface area contributed by atoms with Crippen molar-refractivity contribution in [1.82, 2.24) is 9.97 Å². The Balaban J connectivity index is 2.31. The lowest BCUT2D eigenvalue weighted by Gasteiger charge is -2.05. The van der Waals surface area contributed by atoms with Crippen molar-refractivity contribution in [3.05, 3.63) is 40.2 Å². The Hall–Kier alpha value is -0.780. The van der Waals surface area contributed by atoms with Gasteiger partial charge in [-0.3, -0.25) is 4.98 Å². The number of hydrogen-bond acceptors (Lipinski definition) is 4. The molecule has 3 nitrogen and oxygen atoms in total. The quantitative estimate of drug-likeness (QED) is 0.919. The Morgan fingerprint density at radius 3 is 2.88 bits per heavy atom. The first-order chi connectivity index (χ1) is 7.66. The van der Waals surface area contributed by atoms with E-state index < -0.39 is 0 Å². The number of pyridine rings is 2. The maximum atomic E-state index is 5.81. The second kappa shape index (κ2) is 5.03. The lowest BCUT2D eigenvalue weighted by molar-refractivity contribution is 1.11. The largest absolute Gasteiger partial charge is 0.397 e. The van der Waals surface area contributed by atoms with E-state index in [0.717, 1.165) is 14.4 Å². The van der Waals surface area contributed by atoms with Crippen molar-refractivity contribution in [3.8, 4) is 0 Å². The molecule has 6 heteroatoms. The van der Waals surface area contributed by atoms with Gasteiger partial charge in [-0.05, 0) is 28.1 Å². The third-order valence-electron chi connectivity index (χ3n) is 1.79. The van der Waals surface area contributed by atoms with Crippen molar-refractivity contribution >= 4 is 45.0 Å². The summed E-state index contributed by atoms with van der Waals surface area (Å²) in [4.78, 5) is 9.08. The predicted molar refractivity (Wildman–Crippen MR) is 69.7 cm³/mol. The van der Waals surface area contributed by atoms with E-state index >= 15 is 0 Å². The van der Waals surface area contributed by atoms with Crippen LogP contribution in [0.1, 0.15) is 0 Å². The number of halogens is 2. The predicted octanol–water partition coefficient (Wildman–Crippen LogP) is 3.63. The van der Waals surface area contributed by atoms with Gasteiger partial charge in [-0.15, -0.1) is 0 Å². The molecule has 2 N–H and O–H groups in total. The van der Waals surface area contributed by atoms with Crippen LogP contribution < -0.4 is 5.73 Å². The monoisotopic (exact) mass is 315 g/mol. The van der Waals surface area contributed by atoms with E-state index in [2.05, 4.69) is 25.9 Å². The van der Waals surface area contributed by atoms with Gasteiger partial charge in [0.05, 0.1) is 21.4 Å². The van der Waals surface area contributed by atoms with E-state index in [-0.39, 0.29) is 0 Å². The molecular formula is C10H7BrClN3S. The second-order valence-corrected chi connectivity index (χ2v) is 5.28. The Morgan fingerprint density at radius 2 is 2.19 bits per heavy atom. The molecule has 0 aliphatic rings. The van der Waals surface area contributed by atoms with Crippen molar-refractivity contribution in [2.45, 2.75) is 9.92 Å². The van der Waals surface area contributed by atoms with Crippen LogP contribution in [-0.4, -0.2) is 9.97 Å². The van der Waals surface area contributed by atoms with E-state index in [1.807, 2.05) is 6.07 Å². The molecule has 0 aliphatic heterocycles. The molecule has 0 atom stereocenters. The smallest absolute Gasteiger partial charge is 0.115 e. The summed E-state index contributed by atoms with van der Waals surface area (Å²) in [6, 6.07) is 3.65. The minimum absolute atomic E-state index is 0.596. The van der Waals surface area contributed by atoms with Crippen LogP contribution in [0, 0.1) is 0 Å². The van der Waals surface area contributed by atoms with Gasteiger partial charge >= 0.3 is 0 Å². The van der Waals surface area contributed by atoms with Crippen molar-refractivity contribution in [3.63, 3.8) is 0 Å². The Labute approximate surface area is 111 Å². The summed E-state index contributed by atoms with van der Waals surface area (Å²) in [5.74, 6) is 0. The van der Waals surface area contributed by atoms with E-state index in [1.165, 1.54) is 11.8 Å². The summed E-state index contributed by atoms with van der Waals surface area (Å²) in [5, 5.41) is 1.42. The highest BCUT2D eigenvalue weighted by atomic mass is 79.9. The topological polar surface area (TPSA) is 51.8 Å². The maximum Gasteiger partial charge on any atom is 0.115 e. The van der Waals surface area contributed by atoms with Gasteiger partial charge in [0.2, 0.25) is 0 Å². The molecule has 2 rings (SSSR count). The van der Waals surface area contributed by atoms with Gasteiger partial charge in [-0.1, -0.05) is 23.4 Å². The molecule has 0 unspecified atom stereocenters. The van der Waals surface area contributed by atoms with Gasteiger partial charge in [-0.25, -0.2) is 4.98 Å². The van der Waals surface area contributed by atoms with Gasteiger partial charge in [0, 0.05) is 17.3 Å². The lowest BCUT2D eigenvalue weighted by atomic mass is 10.4. The number of nitrogens with zero attached hydrogens (tertiary/aromatic N) is 2. The van der Waals surface area contributed by atoms with Gasteiger partial charge < -0.3 is 5.73 Å². The fraction of sp³-hybridized carbons (Fsp3) is 0. The van der Waals surface area contributed by atoms with Crippen molar-refractivity contribution in [2.75, 3.05) is 5.73 Å². The molecule has 0 amide bonds. The van der Waals surface area contributed by atoms with Crippen LogP contribution in [0.4, 0.5) is 5.69 Å². The van der Waals surface area contributed by atoms with E-state index in [9.17, 15) is 0 Å². The molecule has 0 radical (unpaired) electrons. The standard InChI is InChI=1S/C10H7BrClN3S/c11-7-3-6(12)4-15-10(7)16-9-1-2-14-5-8(9)13/h1-5H,13H2. The first-order valence-electron chi connectivity index (χ1n) is 4.35. The average Bonchev–Trinajstić information content (AvgIpc) is 2.25. The van der Waals surface area contributed by atoms with Crippen molar-refractivity contribution in [1.29, 1.82) is 0 Å². The maximum absolute atomic E-state index is 5.81. The van der Waals surface area contributed by atoms with Crippen LogP contribution in [0.3, 0.4) is 0 Å². The highest BCUT2D eigenvalue weighted by Gasteiger charge is 2.07. The van der Waals surface area contributed by atoms with Gasteiger partial charge in [0.1, 0.15) is 5.03 Å². The van der Waals surface area contributed by atoms with E-state index in [4.69, 9.17) is 17.3 Å². The Kier molecular flexibility index (Phi) is 3.68. The SMILES string of the molecule is Nc1cnccc1Sc1ncc(Cl)cc1Br. The average molecular weight is 317 g/mol. The third-order valence-corrected chi connectivity index (χ3v) is 3.97. The molecule has 2 aromatic rings. The minimum Gasteiger partial charge on any atom is -0.397 e. The third kappa shape index (κ3) is 2.66. The molecule has 2 aromatic heterocycles. The first-order valence-corrected chi connectivity index (χ1v) is 6.34. The highest BCUT2D eigenvalue weighted by Crippen LogP contribution is 2.35. The summed E-state index contributed by atoms with van der Waals surface area (Å²) < 4.78 is 0.848. The number of nitrogens with two attached hydrogens (primary N) is 1. The zero-order valence-corrected chi connectivity index (χ0v) is 11.2. The number of nitrogen functional groups attached to an aromatic ring is 1. The molecular weight excluding hydrogens is 310 g/mol. The zero-order valence-electron chi connectivity index (χ0n) is 8.02. The number of anilines is 1. The zero-order chi connectivity index (χ0) is 11.5. The summed E-state index contributed by atoms with van der Waals surface area (Å²) in [6.45, 7) is 0. The fourth-order valence-corrected chi connectivity index (χ4v) is 2.72. The summed E-state index contributed by atoms with van der Waals surface area (Å²) in [5.41, 5.74) is 6.43. The first kappa shape index (κ1) is 11.7. The molecule has 0 spiro atoms. The molecule has 2 heterocycles. The lowest BCUT2D eigenvalue weighted by Crippen LogP contribution is -1.90. The number of aromatic nitrogens is 2. The molecule has 0 saturated carbocycles. The fourth-order valence-electron chi connectivity index (χ4n) is 1.07. The molecule has 0 aromatic carbocycles. The summed E-state index contributed by atoms with van der Waals surface area (Å²) in [6.07, 6.45) is 4.92. The molecule has 0 saturated heterocycles. The molecule has 0 aliphatic carbocycles. The molecule has 0 bridgehead atoms. The van der Waals surface area contributed by atoms with Gasteiger partial charge in [0.15, 0.2) is 0 Å². The van der Waals surface area contributed by atoms with Crippen molar-refractivity contribution in [2.24, 2.45) is 0 Å². The van der Waals surface area contributed by atoms with Crippen LogP contribution >= 0.6 is 39.3 Å². The molecule has 0 fully saturated rings. The van der Waals surface area contributed by atoms with Gasteiger partial charge in [-0.2, -0.15) is 0 Å². The normalized spacial score (nSPS) is 10.4. The summed E-state index contributed by atoms with van der Waals surface area (Å²) >= 11 is 10.7. The minimum atomic E-state index is 0.596. The van der Waals surface area contributed by atoms with E-state index in [0.29, 0.717) is 10.7 Å². The number of hydrogen-bond donors (Lipinski definition) is 1. The molecule has 82 valence electrons. The van der Waals surface area contributed by atoms with Crippen LogP contribution in [-0.2, 0) is 0 Å². The van der Waals surface area contributed by atoms with Crippen LogP contribution in [0.2, 0.25) is 5.02 Å². The van der Waals surface area contributed by atoms with Crippen LogP contribution in [0.15, 0.2) is 45.1 Å². The van der Waals surface area contributed by atoms with Crippen LogP contribution in [0.5, 0.6) is 0 Å². The highest BCUT2D eigenvalue weighted by molar-refractivity contribution is 9.10. The van der Waals surface area contributed by atoms with Gasteiger partial charge in [0.25, 0.3) is 0 Å². The van der Waals surface area contributed by atoms with E-state index in [1.54, 1.807) is 24.7 Å². The van der Waals surface area contributed by atoms with Crippen molar-refractivity contribution < 1.29 is 0 Å². The number of rotatable bonds is 2.